The summed E-state index contributed by atoms with van der Waals surface area (Å²) in [6.45, 7) is 2.49. The first-order valence-electron chi connectivity index (χ1n) is 12.9. The summed E-state index contributed by atoms with van der Waals surface area (Å²) in [5, 5.41) is 3.28. The highest BCUT2D eigenvalue weighted by Crippen LogP contribution is 2.22. The van der Waals surface area contributed by atoms with Gasteiger partial charge in [-0.05, 0) is 42.0 Å². The number of rotatable bonds is 11. The van der Waals surface area contributed by atoms with Gasteiger partial charge in [0.2, 0.25) is 11.8 Å². The van der Waals surface area contributed by atoms with Crippen LogP contribution in [0, 0.1) is 6.92 Å². The molecule has 1 fully saturated rings. The van der Waals surface area contributed by atoms with Crippen molar-refractivity contribution >= 4 is 23.6 Å². The van der Waals surface area contributed by atoms with Crippen LogP contribution >= 0.6 is 11.8 Å². The topological polar surface area (TPSA) is 49.4 Å². The second-order valence-corrected chi connectivity index (χ2v) is 10.6. The van der Waals surface area contributed by atoms with Crippen molar-refractivity contribution in [2.45, 2.75) is 63.4 Å². The number of carbonyl (C=O) groups excluding carboxylic acids is 2. The van der Waals surface area contributed by atoms with Crippen molar-refractivity contribution in [1.82, 2.24) is 10.2 Å². The van der Waals surface area contributed by atoms with E-state index in [-0.39, 0.29) is 17.9 Å². The Hall–Kier alpha value is -3.05. The van der Waals surface area contributed by atoms with Gasteiger partial charge >= 0.3 is 0 Å². The maximum absolute atomic E-state index is 13.7. The number of hydrogen-bond acceptors (Lipinski definition) is 3. The lowest BCUT2D eigenvalue weighted by atomic mass is 10.0. The minimum atomic E-state index is -0.558. The van der Waals surface area contributed by atoms with Gasteiger partial charge < -0.3 is 10.2 Å². The Kier molecular flexibility index (Phi) is 9.62. The number of nitrogens with zero attached hydrogens (tertiary/aromatic N) is 1. The molecule has 188 valence electrons. The van der Waals surface area contributed by atoms with Crippen LogP contribution < -0.4 is 5.32 Å². The highest BCUT2D eigenvalue weighted by Gasteiger charge is 2.32. The molecule has 3 aromatic rings. The van der Waals surface area contributed by atoms with Gasteiger partial charge in [-0.3, -0.25) is 9.59 Å². The molecule has 1 atom stereocenters. The number of hydrogen-bond donors (Lipinski definition) is 1. The van der Waals surface area contributed by atoms with Crippen molar-refractivity contribution < 1.29 is 9.59 Å². The Morgan fingerprint density at radius 2 is 1.50 bits per heavy atom. The molecule has 1 saturated carbocycles. The normalized spacial score (nSPS) is 14.4. The van der Waals surface area contributed by atoms with E-state index in [4.69, 9.17) is 0 Å². The van der Waals surface area contributed by atoms with Crippen molar-refractivity contribution in [3.8, 4) is 0 Å². The smallest absolute Gasteiger partial charge is 0.243 e. The summed E-state index contributed by atoms with van der Waals surface area (Å²) in [5.74, 6) is 1.06. The van der Waals surface area contributed by atoms with Crippen LogP contribution in [0.2, 0.25) is 0 Å². The Balaban J connectivity index is 1.57. The number of thioether (sulfide) groups is 1. The standard InChI is InChI=1S/C31H36N2O2S/c1-24-12-8-9-17-27(24)21-33(30(34)23-36-22-26-15-6-3-7-16-26)29(20-25-13-4-2-5-14-25)31(35)32-28-18-10-11-19-28/h2-9,12-17,28-29H,10-11,18-23H2,1H3,(H,32,35)/t29-/m0/s1. The van der Waals surface area contributed by atoms with Crippen LogP contribution in [-0.4, -0.2) is 34.6 Å². The predicted molar refractivity (Wildman–Crippen MR) is 149 cm³/mol. The zero-order valence-electron chi connectivity index (χ0n) is 21.1. The molecule has 1 N–H and O–H groups in total. The summed E-state index contributed by atoms with van der Waals surface area (Å²) >= 11 is 1.60. The molecule has 0 bridgehead atoms. The predicted octanol–water partition coefficient (Wildman–Crippen LogP) is 5.93. The van der Waals surface area contributed by atoms with Crippen LogP contribution in [-0.2, 0) is 28.3 Å². The molecule has 0 heterocycles. The fourth-order valence-corrected chi connectivity index (χ4v) is 5.68. The number of carbonyl (C=O) groups is 2. The van der Waals surface area contributed by atoms with E-state index < -0.39 is 6.04 Å². The SMILES string of the molecule is Cc1ccccc1CN(C(=O)CSCc1ccccc1)[C@@H](Cc1ccccc1)C(=O)NC1CCCC1. The van der Waals surface area contributed by atoms with E-state index in [1.165, 1.54) is 5.56 Å². The van der Waals surface area contributed by atoms with Crippen molar-refractivity contribution in [3.05, 3.63) is 107 Å². The van der Waals surface area contributed by atoms with Gasteiger partial charge in [0.15, 0.2) is 0 Å². The molecule has 36 heavy (non-hydrogen) atoms. The molecule has 0 spiro atoms. The maximum atomic E-state index is 13.7. The summed E-state index contributed by atoms with van der Waals surface area (Å²) in [5.41, 5.74) is 4.46. The number of aryl methyl sites for hydroxylation is 1. The Morgan fingerprint density at radius 3 is 2.17 bits per heavy atom. The van der Waals surface area contributed by atoms with Gasteiger partial charge in [-0.2, -0.15) is 0 Å². The molecule has 0 saturated heterocycles. The summed E-state index contributed by atoms with van der Waals surface area (Å²) < 4.78 is 0. The molecule has 0 aliphatic heterocycles. The summed E-state index contributed by atoms with van der Waals surface area (Å²) in [6, 6.07) is 28.0. The average Bonchev–Trinajstić information content (AvgIpc) is 3.41. The van der Waals surface area contributed by atoms with E-state index in [1.54, 1.807) is 11.8 Å². The van der Waals surface area contributed by atoms with E-state index in [1.807, 2.05) is 65.6 Å². The van der Waals surface area contributed by atoms with Crippen LogP contribution in [0.1, 0.15) is 47.9 Å². The van der Waals surface area contributed by atoms with Crippen LogP contribution in [0.15, 0.2) is 84.9 Å². The fourth-order valence-electron chi connectivity index (χ4n) is 4.81. The molecule has 2 amide bonds. The third kappa shape index (κ3) is 7.47. The van der Waals surface area contributed by atoms with Gasteiger partial charge in [-0.1, -0.05) is 97.8 Å². The highest BCUT2D eigenvalue weighted by molar-refractivity contribution is 7.99. The summed E-state index contributed by atoms with van der Waals surface area (Å²) in [4.78, 5) is 29.3. The largest absolute Gasteiger partial charge is 0.352 e. The number of nitrogens with one attached hydrogen (secondary N) is 1. The van der Waals surface area contributed by atoms with Crippen molar-refractivity contribution in [1.29, 1.82) is 0 Å². The van der Waals surface area contributed by atoms with Crippen molar-refractivity contribution in [2.24, 2.45) is 0 Å². The zero-order chi connectivity index (χ0) is 25.2. The summed E-state index contributed by atoms with van der Waals surface area (Å²) in [6.07, 6.45) is 4.83. The highest BCUT2D eigenvalue weighted by atomic mass is 32.2. The Bertz CT molecular complexity index is 1110. The number of benzene rings is 3. The molecular formula is C31H36N2O2S. The lowest BCUT2D eigenvalue weighted by Gasteiger charge is -2.32. The van der Waals surface area contributed by atoms with Crippen LogP contribution in [0.3, 0.4) is 0 Å². The Labute approximate surface area is 219 Å². The second-order valence-electron chi connectivity index (χ2n) is 9.62. The molecule has 4 nitrogen and oxygen atoms in total. The molecule has 1 aliphatic rings. The van der Waals surface area contributed by atoms with Gasteiger partial charge in [-0.25, -0.2) is 0 Å². The van der Waals surface area contributed by atoms with E-state index >= 15 is 0 Å². The van der Waals surface area contributed by atoms with E-state index in [2.05, 4.69) is 36.5 Å². The van der Waals surface area contributed by atoms with Gasteiger partial charge in [0.1, 0.15) is 6.04 Å². The lowest BCUT2D eigenvalue weighted by Crippen LogP contribution is -2.52. The first-order valence-corrected chi connectivity index (χ1v) is 14.1. The van der Waals surface area contributed by atoms with Crippen LogP contribution in [0.4, 0.5) is 0 Å². The molecule has 4 rings (SSSR count). The van der Waals surface area contributed by atoms with E-state index in [9.17, 15) is 9.59 Å². The molecular weight excluding hydrogens is 464 g/mol. The molecule has 1 aliphatic carbocycles. The van der Waals surface area contributed by atoms with Crippen LogP contribution in [0.5, 0.6) is 0 Å². The third-order valence-corrected chi connectivity index (χ3v) is 7.90. The molecule has 5 heteroatoms. The molecule has 3 aromatic carbocycles. The lowest BCUT2D eigenvalue weighted by molar-refractivity contribution is -0.139. The van der Waals surface area contributed by atoms with Crippen LogP contribution in [0.25, 0.3) is 0 Å². The molecule has 0 radical (unpaired) electrons. The first-order chi connectivity index (χ1) is 17.6. The number of amides is 2. The van der Waals surface area contributed by atoms with Gasteiger partial charge in [0, 0.05) is 24.8 Å². The van der Waals surface area contributed by atoms with E-state index in [0.717, 1.165) is 48.1 Å². The minimum absolute atomic E-state index is 0.00156. The van der Waals surface area contributed by atoms with Gasteiger partial charge in [0.25, 0.3) is 0 Å². The maximum Gasteiger partial charge on any atom is 0.243 e. The van der Waals surface area contributed by atoms with Gasteiger partial charge in [0.05, 0.1) is 5.75 Å². The average molecular weight is 501 g/mol. The Morgan fingerprint density at radius 1 is 0.889 bits per heavy atom. The van der Waals surface area contributed by atoms with Crippen molar-refractivity contribution in [2.75, 3.05) is 5.75 Å². The van der Waals surface area contributed by atoms with Gasteiger partial charge in [-0.15, -0.1) is 11.8 Å². The van der Waals surface area contributed by atoms with Crippen molar-refractivity contribution in [3.63, 3.8) is 0 Å². The molecule has 0 aromatic heterocycles. The third-order valence-electron chi connectivity index (χ3n) is 6.91. The first kappa shape index (κ1) is 26.0. The quantitative estimate of drug-likeness (QED) is 0.355. The minimum Gasteiger partial charge on any atom is -0.352 e. The fraction of sp³-hybridized carbons (Fsp3) is 0.355. The second kappa shape index (κ2) is 13.3. The molecule has 0 unspecified atom stereocenters. The zero-order valence-corrected chi connectivity index (χ0v) is 21.9. The monoisotopic (exact) mass is 500 g/mol. The summed E-state index contributed by atoms with van der Waals surface area (Å²) in [7, 11) is 0. The van der Waals surface area contributed by atoms with E-state index in [0.29, 0.717) is 18.7 Å².